The number of rotatable bonds is 1. The fraction of sp³-hybridized carbons (Fsp3) is 0.250. The molecule has 1 aromatic heterocycles. The van der Waals surface area contributed by atoms with Crippen LogP contribution in [0.3, 0.4) is 0 Å². The fourth-order valence-electron chi connectivity index (χ4n) is 2.31. The van der Waals surface area contributed by atoms with Crippen LogP contribution in [0.5, 0.6) is 0 Å². The lowest BCUT2D eigenvalue weighted by atomic mass is 9.87. The molecule has 4 heteroatoms. The van der Waals surface area contributed by atoms with E-state index in [0.717, 1.165) is 24.1 Å². The van der Waals surface area contributed by atoms with E-state index in [1.54, 1.807) is 6.07 Å². The standard InChI is InChI=1S/C12H12FN3/c13-11-3-1-2-10-9(4-5-14-12(10)11)8-6-15-16-7-8/h1-3,6-7,9,14H,4-5H2,(H,15,16). The van der Waals surface area contributed by atoms with Gasteiger partial charge in [0.2, 0.25) is 0 Å². The molecule has 1 aliphatic heterocycles. The number of nitrogens with zero attached hydrogens (tertiary/aromatic N) is 1. The van der Waals surface area contributed by atoms with Crippen LogP contribution in [0.25, 0.3) is 0 Å². The molecule has 2 heterocycles. The monoisotopic (exact) mass is 217 g/mol. The van der Waals surface area contributed by atoms with Gasteiger partial charge in [0.25, 0.3) is 0 Å². The molecule has 0 saturated heterocycles. The smallest absolute Gasteiger partial charge is 0.146 e. The molecule has 0 amide bonds. The van der Waals surface area contributed by atoms with Gasteiger partial charge in [0, 0.05) is 18.7 Å². The molecule has 82 valence electrons. The summed E-state index contributed by atoms with van der Waals surface area (Å²) in [7, 11) is 0. The highest BCUT2D eigenvalue weighted by Gasteiger charge is 2.23. The van der Waals surface area contributed by atoms with Crippen molar-refractivity contribution in [1.29, 1.82) is 0 Å². The minimum absolute atomic E-state index is 0.175. The van der Waals surface area contributed by atoms with E-state index in [4.69, 9.17) is 0 Å². The van der Waals surface area contributed by atoms with Crippen molar-refractivity contribution in [1.82, 2.24) is 10.2 Å². The lowest BCUT2D eigenvalue weighted by molar-refractivity contribution is 0.614. The SMILES string of the molecule is Fc1cccc2c1NCCC2c1cn[nH]c1. The van der Waals surface area contributed by atoms with Crippen molar-refractivity contribution in [3.8, 4) is 0 Å². The molecule has 0 saturated carbocycles. The van der Waals surface area contributed by atoms with E-state index < -0.39 is 0 Å². The van der Waals surface area contributed by atoms with Crippen LogP contribution in [0.15, 0.2) is 30.6 Å². The zero-order valence-electron chi connectivity index (χ0n) is 8.70. The highest BCUT2D eigenvalue weighted by molar-refractivity contribution is 5.58. The molecule has 0 spiro atoms. The Morgan fingerprint density at radius 2 is 2.31 bits per heavy atom. The Hall–Kier alpha value is -1.84. The van der Waals surface area contributed by atoms with Crippen LogP contribution < -0.4 is 5.32 Å². The molecule has 16 heavy (non-hydrogen) atoms. The van der Waals surface area contributed by atoms with Crippen molar-refractivity contribution in [2.75, 3.05) is 11.9 Å². The van der Waals surface area contributed by atoms with Crippen molar-refractivity contribution in [3.63, 3.8) is 0 Å². The first-order valence-electron chi connectivity index (χ1n) is 5.37. The highest BCUT2D eigenvalue weighted by Crippen LogP contribution is 2.37. The third-order valence-electron chi connectivity index (χ3n) is 3.08. The van der Waals surface area contributed by atoms with E-state index >= 15 is 0 Å². The Balaban J connectivity index is 2.10. The van der Waals surface area contributed by atoms with Gasteiger partial charge in [0.1, 0.15) is 5.82 Å². The fourth-order valence-corrected chi connectivity index (χ4v) is 2.31. The number of aromatic nitrogens is 2. The maximum Gasteiger partial charge on any atom is 0.146 e. The van der Waals surface area contributed by atoms with Gasteiger partial charge >= 0.3 is 0 Å². The molecule has 2 N–H and O–H groups in total. The molecular weight excluding hydrogens is 205 g/mol. The van der Waals surface area contributed by atoms with E-state index in [0.29, 0.717) is 5.69 Å². The first-order valence-corrected chi connectivity index (χ1v) is 5.37. The third kappa shape index (κ3) is 1.38. The Bertz CT molecular complexity index is 493. The largest absolute Gasteiger partial charge is 0.382 e. The van der Waals surface area contributed by atoms with Crippen LogP contribution in [-0.2, 0) is 0 Å². The zero-order valence-corrected chi connectivity index (χ0v) is 8.70. The van der Waals surface area contributed by atoms with Gasteiger partial charge in [0.15, 0.2) is 0 Å². The third-order valence-corrected chi connectivity index (χ3v) is 3.08. The molecule has 0 radical (unpaired) electrons. The summed E-state index contributed by atoms with van der Waals surface area (Å²) in [4.78, 5) is 0. The van der Waals surface area contributed by atoms with Gasteiger partial charge in [-0.1, -0.05) is 12.1 Å². The van der Waals surface area contributed by atoms with Gasteiger partial charge in [-0.3, -0.25) is 5.10 Å². The number of anilines is 1. The Labute approximate surface area is 92.7 Å². The molecule has 1 atom stereocenters. The van der Waals surface area contributed by atoms with Crippen LogP contribution >= 0.6 is 0 Å². The van der Waals surface area contributed by atoms with E-state index in [1.165, 1.54) is 6.07 Å². The number of hydrogen-bond donors (Lipinski definition) is 2. The first kappa shape index (κ1) is 9.39. The van der Waals surface area contributed by atoms with E-state index in [2.05, 4.69) is 15.5 Å². The summed E-state index contributed by atoms with van der Waals surface area (Å²) in [5.74, 6) is 0.0661. The van der Waals surface area contributed by atoms with Gasteiger partial charge < -0.3 is 5.32 Å². The predicted molar refractivity (Wildman–Crippen MR) is 59.9 cm³/mol. The van der Waals surface area contributed by atoms with Crippen LogP contribution in [0, 0.1) is 5.82 Å². The highest BCUT2D eigenvalue weighted by atomic mass is 19.1. The molecule has 3 nitrogen and oxygen atoms in total. The predicted octanol–water partition coefficient (Wildman–Crippen LogP) is 2.50. The molecule has 2 aromatic rings. The van der Waals surface area contributed by atoms with Gasteiger partial charge in [-0.15, -0.1) is 0 Å². The number of para-hydroxylation sites is 1. The molecule has 1 aromatic carbocycles. The van der Waals surface area contributed by atoms with Crippen LogP contribution in [0.2, 0.25) is 0 Å². The molecule has 0 fully saturated rings. The van der Waals surface area contributed by atoms with Crippen LogP contribution in [0.1, 0.15) is 23.5 Å². The van der Waals surface area contributed by atoms with E-state index in [-0.39, 0.29) is 11.7 Å². The van der Waals surface area contributed by atoms with Crippen molar-refractivity contribution in [2.24, 2.45) is 0 Å². The topological polar surface area (TPSA) is 40.7 Å². The summed E-state index contributed by atoms with van der Waals surface area (Å²) in [5, 5.41) is 9.88. The number of aromatic amines is 1. The Morgan fingerprint density at radius 3 is 3.12 bits per heavy atom. The van der Waals surface area contributed by atoms with E-state index in [9.17, 15) is 4.39 Å². The number of nitrogens with one attached hydrogen (secondary N) is 2. The number of benzene rings is 1. The summed E-state index contributed by atoms with van der Waals surface area (Å²) in [6, 6.07) is 5.22. The van der Waals surface area contributed by atoms with Gasteiger partial charge in [-0.25, -0.2) is 4.39 Å². The number of H-pyrrole nitrogens is 1. The maximum absolute atomic E-state index is 13.6. The molecule has 3 rings (SSSR count). The second-order valence-electron chi connectivity index (χ2n) is 4.00. The summed E-state index contributed by atoms with van der Waals surface area (Å²) >= 11 is 0. The van der Waals surface area contributed by atoms with Crippen LogP contribution in [0.4, 0.5) is 10.1 Å². The summed E-state index contributed by atoms with van der Waals surface area (Å²) in [6.45, 7) is 0.795. The Morgan fingerprint density at radius 1 is 1.38 bits per heavy atom. The zero-order chi connectivity index (χ0) is 11.0. The lowest BCUT2D eigenvalue weighted by Crippen LogP contribution is -2.18. The molecule has 0 bridgehead atoms. The lowest BCUT2D eigenvalue weighted by Gasteiger charge is -2.26. The minimum Gasteiger partial charge on any atom is -0.382 e. The summed E-state index contributed by atoms with van der Waals surface area (Å²) < 4.78 is 13.6. The van der Waals surface area contributed by atoms with Crippen molar-refractivity contribution in [2.45, 2.75) is 12.3 Å². The molecule has 1 aliphatic rings. The van der Waals surface area contributed by atoms with Crippen molar-refractivity contribution >= 4 is 5.69 Å². The average molecular weight is 217 g/mol. The Kier molecular flexibility index (Phi) is 2.13. The summed E-state index contributed by atoms with van der Waals surface area (Å²) in [6.07, 6.45) is 4.66. The normalized spacial score (nSPS) is 18.9. The first-order chi connectivity index (χ1) is 7.86. The van der Waals surface area contributed by atoms with E-state index in [1.807, 2.05) is 18.5 Å². The van der Waals surface area contributed by atoms with Gasteiger partial charge in [-0.05, 0) is 23.6 Å². The average Bonchev–Trinajstić information content (AvgIpc) is 2.82. The van der Waals surface area contributed by atoms with Crippen molar-refractivity contribution < 1.29 is 4.39 Å². The summed E-state index contributed by atoms with van der Waals surface area (Å²) in [5.41, 5.74) is 2.78. The number of fused-ring (bicyclic) bond motifs is 1. The number of halogens is 1. The molecule has 0 aliphatic carbocycles. The van der Waals surface area contributed by atoms with Crippen molar-refractivity contribution in [3.05, 3.63) is 47.5 Å². The second-order valence-corrected chi connectivity index (χ2v) is 4.00. The van der Waals surface area contributed by atoms with Gasteiger partial charge in [0.05, 0.1) is 11.9 Å². The molecular formula is C12H12FN3. The number of hydrogen-bond acceptors (Lipinski definition) is 2. The second kappa shape index (κ2) is 3.63. The maximum atomic E-state index is 13.6. The quantitative estimate of drug-likeness (QED) is 0.770. The van der Waals surface area contributed by atoms with Gasteiger partial charge in [-0.2, -0.15) is 5.10 Å². The molecule has 1 unspecified atom stereocenters. The minimum atomic E-state index is -0.175. The van der Waals surface area contributed by atoms with Crippen LogP contribution in [-0.4, -0.2) is 16.7 Å².